The minimum absolute atomic E-state index is 0.101. The lowest BCUT2D eigenvalue weighted by Gasteiger charge is -2.21. The molecule has 0 bridgehead atoms. The van der Waals surface area contributed by atoms with Gasteiger partial charge in [0, 0.05) is 11.6 Å². The highest BCUT2D eigenvalue weighted by Gasteiger charge is 2.23. The molecule has 1 aliphatic carbocycles. The van der Waals surface area contributed by atoms with Gasteiger partial charge in [0.05, 0.1) is 4.47 Å². The van der Waals surface area contributed by atoms with Crippen molar-refractivity contribution in [2.75, 3.05) is 7.05 Å². The van der Waals surface area contributed by atoms with Crippen molar-refractivity contribution in [2.45, 2.75) is 38.1 Å². The number of benzene rings is 1. The van der Waals surface area contributed by atoms with Gasteiger partial charge in [-0.2, -0.15) is 0 Å². The first-order chi connectivity index (χ1) is 8.61. The molecule has 100 valence electrons. The van der Waals surface area contributed by atoms with E-state index < -0.39 is 5.82 Å². The van der Waals surface area contributed by atoms with Gasteiger partial charge >= 0.3 is 0 Å². The smallest absolute Gasteiger partial charge is 0.137 e. The van der Waals surface area contributed by atoms with Gasteiger partial charge in [-0.1, -0.05) is 25.7 Å². The van der Waals surface area contributed by atoms with Gasteiger partial charge in [0.1, 0.15) is 11.6 Å². The molecule has 1 nitrogen and oxygen atoms in total. The largest absolute Gasteiger partial charge is 0.313 e. The molecule has 18 heavy (non-hydrogen) atoms. The van der Waals surface area contributed by atoms with E-state index in [9.17, 15) is 8.78 Å². The molecule has 2 rings (SSSR count). The molecule has 1 saturated carbocycles. The standard InChI is InChI=1S/C14H18BrF2N/c1-18-14(6-9-4-2-3-5-9)10-7-13(17)11(15)8-12(10)16/h7-9,14,18H,2-6H2,1H3. The van der Waals surface area contributed by atoms with Crippen LogP contribution in [-0.2, 0) is 0 Å². The highest BCUT2D eigenvalue weighted by Crippen LogP contribution is 2.34. The van der Waals surface area contributed by atoms with Gasteiger partial charge in [-0.3, -0.25) is 0 Å². The second kappa shape index (κ2) is 6.11. The summed E-state index contributed by atoms with van der Waals surface area (Å²) in [5, 5.41) is 3.11. The van der Waals surface area contributed by atoms with Gasteiger partial charge in [-0.25, -0.2) is 8.78 Å². The van der Waals surface area contributed by atoms with Crippen LogP contribution in [0.15, 0.2) is 16.6 Å². The normalized spacial score (nSPS) is 18.2. The Balaban J connectivity index is 2.18. The van der Waals surface area contributed by atoms with E-state index in [-0.39, 0.29) is 16.3 Å². The summed E-state index contributed by atoms with van der Waals surface area (Å²) in [5.41, 5.74) is 0.435. The van der Waals surface area contributed by atoms with Crippen LogP contribution in [0.4, 0.5) is 8.78 Å². The quantitative estimate of drug-likeness (QED) is 0.802. The van der Waals surface area contributed by atoms with Crippen molar-refractivity contribution in [2.24, 2.45) is 5.92 Å². The first kappa shape index (κ1) is 13.9. The maximum Gasteiger partial charge on any atom is 0.137 e. The zero-order valence-electron chi connectivity index (χ0n) is 10.5. The molecule has 0 amide bonds. The highest BCUT2D eigenvalue weighted by molar-refractivity contribution is 9.10. The van der Waals surface area contributed by atoms with Gasteiger partial charge in [-0.15, -0.1) is 0 Å². The van der Waals surface area contributed by atoms with E-state index in [1.54, 1.807) is 7.05 Å². The molecule has 1 atom stereocenters. The summed E-state index contributed by atoms with van der Waals surface area (Å²) >= 11 is 3.00. The fourth-order valence-corrected chi connectivity index (χ4v) is 3.10. The summed E-state index contributed by atoms with van der Waals surface area (Å²) in [6, 6.07) is 2.41. The Kier molecular flexibility index (Phi) is 4.73. The molecule has 0 aromatic heterocycles. The third-order valence-corrected chi connectivity index (χ3v) is 4.41. The van der Waals surface area contributed by atoms with E-state index in [0.717, 1.165) is 6.42 Å². The summed E-state index contributed by atoms with van der Waals surface area (Å²) in [4.78, 5) is 0. The summed E-state index contributed by atoms with van der Waals surface area (Å²) in [5.74, 6) is -0.118. The average Bonchev–Trinajstić information content (AvgIpc) is 2.84. The molecular formula is C14H18BrF2N. The molecule has 0 saturated heterocycles. The lowest BCUT2D eigenvalue weighted by atomic mass is 9.93. The van der Waals surface area contributed by atoms with Crippen LogP contribution in [0, 0.1) is 17.6 Å². The van der Waals surface area contributed by atoms with Gasteiger partial charge in [0.25, 0.3) is 0 Å². The SMILES string of the molecule is CNC(CC1CCCC1)c1cc(F)c(Br)cc1F. The molecule has 4 heteroatoms. The minimum Gasteiger partial charge on any atom is -0.313 e. The predicted molar refractivity (Wildman–Crippen MR) is 72.4 cm³/mol. The first-order valence-electron chi connectivity index (χ1n) is 6.43. The van der Waals surface area contributed by atoms with Crippen LogP contribution in [0.1, 0.15) is 43.7 Å². The number of nitrogens with one attached hydrogen (secondary N) is 1. The summed E-state index contributed by atoms with van der Waals surface area (Å²) in [7, 11) is 1.80. The van der Waals surface area contributed by atoms with E-state index in [0.29, 0.717) is 11.5 Å². The third-order valence-electron chi connectivity index (χ3n) is 3.81. The number of hydrogen-bond donors (Lipinski definition) is 1. The number of rotatable bonds is 4. The highest BCUT2D eigenvalue weighted by atomic mass is 79.9. The Morgan fingerprint density at radius 1 is 1.28 bits per heavy atom. The van der Waals surface area contributed by atoms with Crippen molar-refractivity contribution >= 4 is 15.9 Å². The topological polar surface area (TPSA) is 12.0 Å². The van der Waals surface area contributed by atoms with Crippen molar-refractivity contribution in [1.82, 2.24) is 5.32 Å². The molecule has 1 unspecified atom stereocenters. The molecular weight excluding hydrogens is 300 g/mol. The lowest BCUT2D eigenvalue weighted by Crippen LogP contribution is -2.20. The maximum absolute atomic E-state index is 13.9. The second-order valence-electron chi connectivity index (χ2n) is 5.02. The summed E-state index contributed by atoms with van der Waals surface area (Å²) in [6.45, 7) is 0. The Morgan fingerprint density at radius 3 is 2.56 bits per heavy atom. The Labute approximate surface area is 115 Å². The van der Waals surface area contributed by atoms with Crippen LogP contribution in [0.25, 0.3) is 0 Å². The van der Waals surface area contributed by atoms with Crippen LogP contribution in [0.3, 0.4) is 0 Å². The lowest BCUT2D eigenvalue weighted by molar-refractivity contribution is 0.401. The van der Waals surface area contributed by atoms with E-state index in [4.69, 9.17) is 0 Å². The summed E-state index contributed by atoms with van der Waals surface area (Å²) in [6.07, 6.45) is 5.82. The van der Waals surface area contributed by atoms with Gasteiger partial charge < -0.3 is 5.32 Å². The molecule has 1 aromatic rings. The molecule has 0 radical (unpaired) electrons. The zero-order chi connectivity index (χ0) is 13.1. The van der Waals surface area contributed by atoms with Crippen LogP contribution in [0.5, 0.6) is 0 Å². The molecule has 0 aliphatic heterocycles. The van der Waals surface area contributed by atoms with Crippen molar-refractivity contribution < 1.29 is 8.78 Å². The van der Waals surface area contributed by atoms with Gasteiger partial charge in [0.15, 0.2) is 0 Å². The van der Waals surface area contributed by atoms with Crippen LogP contribution >= 0.6 is 15.9 Å². The number of hydrogen-bond acceptors (Lipinski definition) is 1. The third kappa shape index (κ3) is 3.09. The first-order valence-corrected chi connectivity index (χ1v) is 7.22. The Morgan fingerprint density at radius 2 is 1.94 bits per heavy atom. The van der Waals surface area contributed by atoms with Crippen molar-refractivity contribution in [1.29, 1.82) is 0 Å². The fraction of sp³-hybridized carbons (Fsp3) is 0.571. The zero-order valence-corrected chi connectivity index (χ0v) is 12.1. The minimum atomic E-state index is -0.405. The van der Waals surface area contributed by atoms with Gasteiger partial charge in [0.2, 0.25) is 0 Å². The van der Waals surface area contributed by atoms with E-state index >= 15 is 0 Å². The van der Waals surface area contributed by atoms with Crippen molar-refractivity contribution in [3.8, 4) is 0 Å². The van der Waals surface area contributed by atoms with E-state index in [2.05, 4.69) is 21.2 Å². The monoisotopic (exact) mass is 317 g/mol. The molecule has 1 N–H and O–H groups in total. The predicted octanol–water partition coefficient (Wildman–Crippen LogP) is 4.57. The molecule has 0 spiro atoms. The van der Waals surface area contributed by atoms with Crippen molar-refractivity contribution in [3.63, 3.8) is 0 Å². The Bertz CT molecular complexity index is 417. The summed E-state index contributed by atoms with van der Waals surface area (Å²) < 4.78 is 27.6. The molecule has 1 fully saturated rings. The number of halogens is 3. The van der Waals surface area contributed by atoms with Crippen LogP contribution in [-0.4, -0.2) is 7.05 Å². The molecule has 1 aromatic carbocycles. The van der Waals surface area contributed by atoms with E-state index in [1.807, 2.05) is 0 Å². The second-order valence-corrected chi connectivity index (χ2v) is 5.87. The van der Waals surface area contributed by atoms with Crippen LogP contribution in [0.2, 0.25) is 0 Å². The van der Waals surface area contributed by atoms with Crippen molar-refractivity contribution in [3.05, 3.63) is 33.8 Å². The van der Waals surface area contributed by atoms with Crippen LogP contribution < -0.4 is 5.32 Å². The van der Waals surface area contributed by atoms with E-state index in [1.165, 1.54) is 37.8 Å². The average molecular weight is 318 g/mol. The Hall–Kier alpha value is -0.480. The molecule has 0 heterocycles. The maximum atomic E-state index is 13.9. The fourth-order valence-electron chi connectivity index (χ4n) is 2.78. The van der Waals surface area contributed by atoms with Gasteiger partial charge in [-0.05, 0) is 47.4 Å². The molecule has 1 aliphatic rings.